The normalized spacial score (nSPS) is 10.8. The van der Waals surface area contributed by atoms with Gasteiger partial charge in [0.1, 0.15) is 0 Å². The van der Waals surface area contributed by atoms with E-state index in [-0.39, 0.29) is 29.9 Å². The number of amides is 1. The Balaban J connectivity index is 0.00000338. The van der Waals surface area contributed by atoms with E-state index < -0.39 is 0 Å². The third-order valence-electron chi connectivity index (χ3n) is 3.76. The van der Waals surface area contributed by atoms with E-state index in [9.17, 15) is 4.79 Å². The van der Waals surface area contributed by atoms with Crippen molar-refractivity contribution in [1.29, 1.82) is 0 Å². The van der Waals surface area contributed by atoms with Gasteiger partial charge in [-0.15, -0.1) is 24.0 Å². The van der Waals surface area contributed by atoms with Crippen molar-refractivity contribution in [2.75, 3.05) is 26.0 Å². The van der Waals surface area contributed by atoms with Gasteiger partial charge in [0.2, 0.25) is 0 Å². The SMILES string of the molecule is Cc1cc(C)cc(NC(N)=NCCc2cccc(C(=O)N(C)C)c2)c1.I. The third kappa shape index (κ3) is 6.67. The Morgan fingerprint density at radius 3 is 2.38 bits per heavy atom. The molecule has 0 radical (unpaired) electrons. The second-order valence-corrected chi connectivity index (χ2v) is 6.42. The molecule has 0 fully saturated rings. The third-order valence-corrected chi connectivity index (χ3v) is 3.76. The molecule has 1 amide bonds. The zero-order chi connectivity index (χ0) is 18.4. The van der Waals surface area contributed by atoms with Crippen molar-refractivity contribution in [3.63, 3.8) is 0 Å². The zero-order valence-electron chi connectivity index (χ0n) is 15.7. The predicted octanol–water partition coefficient (Wildman–Crippen LogP) is 3.59. The van der Waals surface area contributed by atoms with Crippen molar-refractivity contribution < 1.29 is 4.79 Å². The largest absolute Gasteiger partial charge is 0.370 e. The lowest BCUT2D eigenvalue weighted by molar-refractivity contribution is 0.0827. The standard InChI is InChI=1S/C20H26N4O.HI/c1-14-10-15(2)12-18(11-14)23-20(21)22-9-8-16-6-5-7-17(13-16)19(25)24(3)4;/h5-7,10-13H,8-9H2,1-4H3,(H3,21,22,23);1H. The van der Waals surface area contributed by atoms with Crippen LogP contribution < -0.4 is 11.1 Å². The Hall–Kier alpha value is -2.09. The van der Waals surface area contributed by atoms with Gasteiger partial charge in [-0.25, -0.2) is 0 Å². The highest BCUT2D eigenvalue weighted by Gasteiger charge is 2.07. The Labute approximate surface area is 172 Å². The molecule has 140 valence electrons. The van der Waals surface area contributed by atoms with Crippen molar-refractivity contribution >= 4 is 41.5 Å². The van der Waals surface area contributed by atoms with Crippen LogP contribution in [0.25, 0.3) is 0 Å². The first-order valence-corrected chi connectivity index (χ1v) is 8.31. The number of nitrogens with zero attached hydrogens (tertiary/aromatic N) is 2. The first-order chi connectivity index (χ1) is 11.8. The Kier molecular flexibility index (Phi) is 8.57. The number of benzene rings is 2. The minimum Gasteiger partial charge on any atom is -0.370 e. The van der Waals surface area contributed by atoms with Crippen LogP contribution in [0.5, 0.6) is 0 Å². The molecule has 0 saturated heterocycles. The molecule has 0 atom stereocenters. The van der Waals surface area contributed by atoms with Gasteiger partial charge in [0.15, 0.2) is 5.96 Å². The maximum absolute atomic E-state index is 12.0. The van der Waals surface area contributed by atoms with Gasteiger partial charge in [0.25, 0.3) is 5.91 Å². The molecular weight excluding hydrogens is 439 g/mol. The molecule has 0 bridgehead atoms. The molecule has 5 nitrogen and oxygen atoms in total. The number of anilines is 1. The van der Waals surface area contributed by atoms with Crippen molar-refractivity contribution in [2.45, 2.75) is 20.3 Å². The highest BCUT2D eigenvalue weighted by atomic mass is 127. The van der Waals surface area contributed by atoms with E-state index >= 15 is 0 Å². The second kappa shape index (κ2) is 10.2. The van der Waals surface area contributed by atoms with E-state index in [0.29, 0.717) is 18.1 Å². The van der Waals surface area contributed by atoms with Gasteiger partial charge in [0.05, 0.1) is 0 Å². The van der Waals surface area contributed by atoms with Crippen LogP contribution in [0.1, 0.15) is 27.0 Å². The average molecular weight is 466 g/mol. The molecule has 0 unspecified atom stereocenters. The zero-order valence-corrected chi connectivity index (χ0v) is 18.1. The van der Waals surface area contributed by atoms with Gasteiger partial charge in [-0.05, 0) is 61.2 Å². The van der Waals surface area contributed by atoms with Crippen molar-refractivity contribution in [2.24, 2.45) is 10.7 Å². The summed E-state index contributed by atoms with van der Waals surface area (Å²) in [5, 5.41) is 3.12. The summed E-state index contributed by atoms with van der Waals surface area (Å²) in [5.41, 5.74) is 11.0. The van der Waals surface area contributed by atoms with Gasteiger partial charge < -0.3 is 16.0 Å². The topological polar surface area (TPSA) is 70.7 Å². The fourth-order valence-corrected chi connectivity index (χ4v) is 2.66. The summed E-state index contributed by atoms with van der Waals surface area (Å²) in [4.78, 5) is 17.9. The van der Waals surface area contributed by atoms with Crippen LogP contribution >= 0.6 is 24.0 Å². The van der Waals surface area contributed by atoms with E-state index in [1.165, 1.54) is 11.1 Å². The van der Waals surface area contributed by atoms with E-state index in [4.69, 9.17) is 5.73 Å². The summed E-state index contributed by atoms with van der Waals surface area (Å²) in [6, 6.07) is 13.8. The summed E-state index contributed by atoms with van der Waals surface area (Å²) < 4.78 is 0. The van der Waals surface area contributed by atoms with Gasteiger partial charge in [-0.2, -0.15) is 0 Å². The first kappa shape index (κ1) is 22.0. The number of carbonyl (C=O) groups excluding carboxylic acids is 1. The van der Waals surface area contributed by atoms with E-state index in [2.05, 4.69) is 16.4 Å². The van der Waals surface area contributed by atoms with E-state index in [0.717, 1.165) is 17.7 Å². The lowest BCUT2D eigenvalue weighted by Gasteiger charge is -2.11. The van der Waals surface area contributed by atoms with E-state index in [1.807, 2.05) is 50.2 Å². The summed E-state index contributed by atoms with van der Waals surface area (Å²) in [6.07, 6.45) is 0.726. The first-order valence-electron chi connectivity index (χ1n) is 8.31. The number of nitrogens with one attached hydrogen (secondary N) is 1. The van der Waals surface area contributed by atoms with Crippen molar-refractivity contribution in [1.82, 2.24) is 4.90 Å². The van der Waals surface area contributed by atoms with Crippen LogP contribution in [0.15, 0.2) is 47.5 Å². The summed E-state index contributed by atoms with van der Waals surface area (Å²) in [7, 11) is 3.50. The molecule has 0 aromatic heterocycles. The molecule has 2 rings (SSSR count). The Morgan fingerprint density at radius 2 is 1.77 bits per heavy atom. The number of aryl methyl sites for hydroxylation is 2. The van der Waals surface area contributed by atoms with Crippen LogP contribution in [-0.4, -0.2) is 37.4 Å². The average Bonchev–Trinajstić information content (AvgIpc) is 2.53. The smallest absolute Gasteiger partial charge is 0.253 e. The number of aliphatic imine (C=N–C) groups is 1. The number of carbonyl (C=O) groups is 1. The number of halogens is 1. The number of hydrogen-bond donors (Lipinski definition) is 2. The van der Waals surface area contributed by atoms with Gasteiger partial charge >= 0.3 is 0 Å². The van der Waals surface area contributed by atoms with Gasteiger partial charge in [-0.3, -0.25) is 9.79 Å². The molecule has 6 heteroatoms. The molecule has 26 heavy (non-hydrogen) atoms. The molecule has 2 aromatic rings. The second-order valence-electron chi connectivity index (χ2n) is 6.42. The lowest BCUT2D eigenvalue weighted by Crippen LogP contribution is -2.23. The molecule has 0 heterocycles. The molecule has 3 N–H and O–H groups in total. The van der Waals surface area contributed by atoms with Crippen LogP contribution in [-0.2, 0) is 6.42 Å². The Morgan fingerprint density at radius 1 is 1.12 bits per heavy atom. The molecule has 0 saturated carbocycles. The van der Waals surface area contributed by atoms with E-state index in [1.54, 1.807) is 19.0 Å². The number of hydrogen-bond acceptors (Lipinski definition) is 2. The summed E-state index contributed by atoms with van der Waals surface area (Å²) in [6.45, 7) is 4.66. The predicted molar refractivity (Wildman–Crippen MR) is 120 cm³/mol. The number of rotatable bonds is 5. The minimum atomic E-state index is 0. The highest BCUT2D eigenvalue weighted by molar-refractivity contribution is 14.0. The van der Waals surface area contributed by atoms with Crippen LogP contribution in [0.2, 0.25) is 0 Å². The van der Waals surface area contributed by atoms with Crippen molar-refractivity contribution in [3.05, 3.63) is 64.7 Å². The molecule has 0 spiro atoms. The quantitative estimate of drug-likeness (QED) is 0.402. The van der Waals surface area contributed by atoms with Crippen LogP contribution in [0.4, 0.5) is 5.69 Å². The Bertz CT molecular complexity index is 767. The molecule has 0 aliphatic carbocycles. The summed E-state index contributed by atoms with van der Waals surface area (Å²) >= 11 is 0. The van der Waals surface area contributed by atoms with Crippen LogP contribution in [0, 0.1) is 13.8 Å². The maximum atomic E-state index is 12.0. The highest BCUT2D eigenvalue weighted by Crippen LogP contribution is 2.13. The molecule has 0 aliphatic heterocycles. The van der Waals surface area contributed by atoms with Gasteiger partial charge in [-0.1, -0.05) is 18.2 Å². The van der Waals surface area contributed by atoms with Gasteiger partial charge in [0, 0.05) is 31.9 Å². The fraction of sp³-hybridized carbons (Fsp3) is 0.300. The molecular formula is C20H27IN4O. The molecule has 2 aromatic carbocycles. The minimum absolute atomic E-state index is 0. The number of guanidine groups is 1. The fourth-order valence-electron chi connectivity index (χ4n) is 2.66. The monoisotopic (exact) mass is 466 g/mol. The molecule has 0 aliphatic rings. The lowest BCUT2D eigenvalue weighted by atomic mass is 10.1. The number of nitrogens with two attached hydrogens (primary N) is 1. The maximum Gasteiger partial charge on any atom is 0.253 e. The summed E-state index contributed by atoms with van der Waals surface area (Å²) in [5.74, 6) is 0.395. The van der Waals surface area contributed by atoms with Crippen LogP contribution in [0.3, 0.4) is 0 Å². The van der Waals surface area contributed by atoms with Crippen molar-refractivity contribution in [3.8, 4) is 0 Å².